The maximum absolute atomic E-state index is 4.59. The Morgan fingerprint density at radius 3 is 2.43 bits per heavy atom. The Labute approximate surface area is 128 Å². The molecule has 1 N–H and O–H groups in total. The largest absolute Gasteiger partial charge is 0.314 e. The van der Waals surface area contributed by atoms with Crippen LogP contribution >= 0.6 is 0 Å². The van der Waals surface area contributed by atoms with Gasteiger partial charge >= 0.3 is 0 Å². The van der Waals surface area contributed by atoms with Gasteiger partial charge in [-0.25, -0.2) is 0 Å². The summed E-state index contributed by atoms with van der Waals surface area (Å²) < 4.78 is 0. The Bertz CT molecular complexity index is 505. The van der Waals surface area contributed by atoms with Crippen LogP contribution in [-0.4, -0.2) is 17.6 Å². The van der Waals surface area contributed by atoms with Crippen molar-refractivity contribution in [3.8, 4) is 0 Å². The summed E-state index contributed by atoms with van der Waals surface area (Å²) in [5.41, 5.74) is 3.91. The second-order valence-corrected chi connectivity index (χ2v) is 5.49. The standard InChI is InChI=1S/C19H26N2/c1-3-16-10-12-19(21-15-16)14-18(20-4-2)13-11-17-8-6-5-7-9-17/h5-10,12,15,18,20H,3-4,11,13-14H2,1-2H3. The lowest BCUT2D eigenvalue weighted by Gasteiger charge is -2.17. The third-order valence-electron chi connectivity index (χ3n) is 3.87. The second-order valence-electron chi connectivity index (χ2n) is 5.49. The summed E-state index contributed by atoms with van der Waals surface area (Å²) in [6.07, 6.45) is 6.33. The zero-order valence-electron chi connectivity index (χ0n) is 13.2. The Kier molecular flexibility index (Phi) is 6.42. The van der Waals surface area contributed by atoms with Crippen LogP contribution in [0.4, 0.5) is 0 Å². The molecule has 1 unspecified atom stereocenters. The van der Waals surface area contributed by atoms with E-state index in [2.05, 4.69) is 66.6 Å². The highest BCUT2D eigenvalue weighted by atomic mass is 14.9. The van der Waals surface area contributed by atoms with Gasteiger partial charge in [0.2, 0.25) is 0 Å². The first-order valence-electron chi connectivity index (χ1n) is 8.03. The molecule has 1 aromatic carbocycles. The van der Waals surface area contributed by atoms with Crippen LogP contribution in [0, 0.1) is 0 Å². The van der Waals surface area contributed by atoms with Crippen molar-refractivity contribution in [3.63, 3.8) is 0 Å². The van der Waals surface area contributed by atoms with Crippen LogP contribution in [0.15, 0.2) is 48.7 Å². The summed E-state index contributed by atoms with van der Waals surface area (Å²) in [5, 5.41) is 3.59. The van der Waals surface area contributed by atoms with Gasteiger partial charge in [-0.2, -0.15) is 0 Å². The summed E-state index contributed by atoms with van der Waals surface area (Å²) in [5.74, 6) is 0. The van der Waals surface area contributed by atoms with Gasteiger partial charge in [0.25, 0.3) is 0 Å². The molecule has 0 fully saturated rings. The van der Waals surface area contributed by atoms with Crippen molar-refractivity contribution in [1.82, 2.24) is 10.3 Å². The Morgan fingerprint density at radius 2 is 1.81 bits per heavy atom. The van der Waals surface area contributed by atoms with E-state index < -0.39 is 0 Å². The van der Waals surface area contributed by atoms with Gasteiger partial charge in [-0.05, 0) is 43.0 Å². The van der Waals surface area contributed by atoms with E-state index in [1.165, 1.54) is 16.8 Å². The van der Waals surface area contributed by atoms with Crippen LogP contribution in [0.5, 0.6) is 0 Å². The SMILES string of the molecule is CCNC(CCc1ccccc1)Cc1ccc(CC)cn1. The molecule has 2 aromatic rings. The van der Waals surface area contributed by atoms with Crippen LogP contribution in [0.25, 0.3) is 0 Å². The molecule has 0 saturated heterocycles. The number of aryl methyl sites for hydroxylation is 2. The normalized spacial score (nSPS) is 12.3. The van der Waals surface area contributed by atoms with Crippen LogP contribution in [0.2, 0.25) is 0 Å². The first-order chi connectivity index (χ1) is 10.3. The summed E-state index contributed by atoms with van der Waals surface area (Å²) in [6.45, 7) is 5.34. The summed E-state index contributed by atoms with van der Waals surface area (Å²) in [6, 6.07) is 15.6. The number of nitrogens with zero attached hydrogens (tertiary/aromatic N) is 1. The molecule has 1 atom stereocenters. The van der Waals surface area contributed by atoms with E-state index in [9.17, 15) is 0 Å². The van der Waals surface area contributed by atoms with Crippen molar-refractivity contribution in [1.29, 1.82) is 0 Å². The molecule has 1 heterocycles. The molecule has 2 rings (SSSR count). The van der Waals surface area contributed by atoms with Crippen molar-refractivity contribution >= 4 is 0 Å². The van der Waals surface area contributed by atoms with Crippen LogP contribution in [-0.2, 0) is 19.3 Å². The molecule has 1 aromatic heterocycles. The number of nitrogens with one attached hydrogen (secondary N) is 1. The second kappa shape index (κ2) is 8.58. The van der Waals surface area contributed by atoms with Crippen LogP contribution < -0.4 is 5.32 Å². The van der Waals surface area contributed by atoms with Crippen molar-refractivity contribution in [2.45, 2.75) is 45.6 Å². The van der Waals surface area contributed by atoms with E-state index in [0.29, 0.717) is 6.04 Å². The molecular formula is C19H26N2. The minimum absolute atomic E-state index is 0.496. The number of benzene rings is 1. The fourth-order valence-electron chi connectivity index (χ4n) is 2.59. The number of pyridine rings is 1. The Hall–Kier alpha value is -1.67. The molecule has 0 aliphatic carbocycles. The average molecular weight is 282 g/mol. The molecular weight excluding hydrogens is 256 g/mol. The van der Waals surface area contributed by atoms with Gasteiger partial charge < -0.3 is 5.32 Å². The quantitative estimate of drug-likeness (QED) is 0.796. The molecule has 0 aliphatic heterocycles. The fraction of sp³-hybridized carbons (Fsp3) is 0.421. The fourth-order valence-corrected chi connectivity index (χ4v) is 2.59. The third kappa shape index (κ3) is 5.31. The van der Waals surface area contributed by atoms with Crippen molar-refractivity contribution in [2.75, 3.05) is 6.54 Å². The molecule has 0 amide bonds. The van der Waals surface area contributed by atoms with Crippen molar-refractivity contribution < 1.29 is 0 Å². The van der Waals surface area contributed by atoms with Gasteiger partial charge in [0, 0.05) is 24.4 Å². The average Bonchev–Trinajstić information content (AvgIpc) is 2.54. The van der Waals surface area contributed by atoms with Crippen LogP contribution in [0.3, 0.4) is 0 Å². The van der Waals surface area contributed by atoms with E-state index >= 15 is 0 Å². The molecule has 0 bridgehead atoms. The molecule has 21 heavy (non-hydrogen) atoms. The predicted molar refractivity (Wildman–Crippen MR) is 89.5 cm³/mol. The van der Waals surface area contributed by atoms with Gasteiger partial charge in [0.1, 0.15) is 0 Å². The zero-order chi connectivity index (χ0) is 14.9. The number of hydrogen-bond acceptors (Lipinski definition) is 2. The molecule has 112 valence electrons. The molecule has 2 heteroatoms. The minimum atomic E-state index is 0.496. The summed E-state index contributed by atoms with van der Waals surface area (Å²) in [4.78, 5) is 4.59. The van der Waals surface area contributed by atoms with E-state index in [0.717, 1.165) is 32.2 Å². The molecule has 0 aliphatic rings. The maximum Gasteiger partial charge on any atom is 0.0419 e. The van der Waals surface area contributed by atoms with Crippen molar-refractivity contribution in [3.05, 3.63) is 65.5 Å². The topological polar surface area (TPSA) is 24.9 Å². The molecule has 0 spiro atoms. The van der Waals surface area contributed by atoms with E-state index in [1.54, 1.807) is 0 Å². The van der Waals surface area contributed by atoms with Gasteiger partial charge in [0.05, 0.1) is 0 Å². The van der Waals surface area contributed by atoms with Gasteiger partial charge in [-0.15, -0.1) is 0 Å². The zero-order valence-corrected chi connectivity index (χ0v) is 13.2. The lowest BCUT2D eigenvalue weighted by molar-refractivity contribution is 0.487. The highest BCUT2D eigenvalue weighted by Gasteiger charge is 2.09. The van der Waals surface area contributed by atoms with E-state index in [4.69, 9.17) is 0 Å². The van der Waals surface area contributed by atoms with Gasteiger partial charge in [0.15, 0.2) is 0 Å². The maximum atomic E-state index is 4.59. The first kappa shape index (κ1) is 15.7. The van der Waals surface area contributed by atoms with E-state index in [-0.39, 0.29) is 0 Å². The number of likely N-dealkylation sites (N-methyl/N-ethyl adjacent to an activating group) is 1. The van der Waals surface area contributed by atoms with Gasteiger partial charge in [-0.1, -0.05) is 50.2 Å². The lowest BCUT2D eigenvalue weighted by Crippen LogP contribution is -2.31. The molecule has 0 radical (unpaired) electrons. The smallest absolute Gasteiger partial charge is 0.0419 e. The highest BCUT2D eigenvalue weighted by Crippen LogP contribution is 2.10. The summed E-state index contributed by atoms with van der Waals surface area (Å²) in [7, 11) is 0. The highest BCUT2D eigenvalue weighted by molar-refractivity contribution is 5.16. The lowest BCUT2D eigenvalue weighted by atomic mass is 10.0. The number of hydrogen-bond donors (Lipinski definition) is 1. The van der Waals surface area contributed by atoms with Crippen molar-refractivity contribution in [2.24, 2.45) is 0 Å². The minimum Gasteiger partial charge on any atom is -0.314 e. The Balaban J connectivity index is 1.91. The third-order valence-corrected chi connectivity index (χ3v) is 3.87. The van der Waals surface area contributed by atoms with E-state index in [1.807, 2.05) is 6.20 Å². The summed E-state index contributed by atoms with van der Waals surface area (Å²) >= 11 is 0. The molecule has 2 nitrogen and oxygen atoms in total. The van der Waals surface area contributed by atoms with Crippen LogP contribution in [0.1, 0.15) is 37.1 Å². The molecule has 0 saturated carbocycles. The van der Waals surface area contributed by atoms with Gasteiger partial charge in [-0.3, -0.25) is 4.98 Å². The monoisotopic (exact) mass is 282 g/mol. The Morgan fingerprint density at radius 1 is 1.00 bits per heavy atom. The number of rotatable bonds is 8. The predicted octanol–water partition coefficient (Wildman–Crippen LogP) is 3.80. The number of aromatic nitrogens is 1. The first-order valence-corrected chi connectivity index (χ1v) is 8.03.